The van der Waals surface area contributed by atoms with Crippen molar-refractivity contribution in [3.8, 4) is 0 Å². The van der Waals surface area contributed by atoms with Crippen LogP contribution in [0.2, 0.25) is 0 Å². The van der Waals surface area contributed by atoms with Crippen LogP contribution in [0.25, 0.3) is 10.9 Å². The first-order valence-corrected chi connectivity index (χ1v) is 12.6. The topological polar surface area (TPSA) is 150 Å². The van der Waals surface area contributed by atoms with Crippen molar-refractivity contribution in [3.05, 3.63) is 36.0 Å². The number of alkyl carbamates (subject to hydrolysis) is 1. The zero-order chi connectivity index (χ0) is 27.9. The van der Waals surface area contributed by atoms with Crippen LogP contribution in [0, 0.1) is 11.8 Å². The van der Waals surface area contributed by atoms with Crippen molar-refractivity contribution in [2.24, 2.45) is 11.8 Å². The number of carbonyl (C=O) groups excluding carboxylic acids is 3. The molecule has 0 aliphatic carbocycles. The summed E-state index contributed by atoms with van der Waals surface area (Å²) in [5.41, 5.74) is 0.890. The first-order chi connectivity index (χ1) is 17.2. The van der Waals surface area contributed by atoms with E-state index in [-0.39, 0.29) is 18.3 Å². The van der Waals surface area contributed by atoms with Crippen molar-refractivity contribution >= 4 is 34.8 Å². The van der Waals surface area contributed by atoms with E-state index in [0.717, 1.165) is 16.5 Å². The molecule has 0 spiro atoms. The molecule has 2 aromatic rings. The van der Waals surface area contributed by atoms with Gasteiger partial charge in [-0.25, -0.2) is 9.59 Å². The number of rotatable bonds is 11. The van der Waals surface area contributed by atoms with Gasteiger partial charge in [0.15, 0.2) is 0 Å². The first-order valence-electron chi connectivity index (χ1n) is 12.6. The second-order valence-electron chi connectivity index (χ2n) is 11.0. The van der Waals surface area contributed by atoms with Crippen LogP contribution in [0.1, 0.15) is 60.5 Å². The zero-order valence-electron chi connectivity index (χ0n) is 22.7. The number of aliphatic carboxylic acids is 1. The SMILES string of the molecule is CC(C)C[C@H](NC(=O)OC(C)(C)C)C(=O)N[C@H](C(=O)N[C@@H](Cc1c[nH]c2ccccc12)C(=O)O)C(C)C. The van der Waals surface area contributed by atoms with E-state index in [1.165, 1.54) is 0 Å². The number of carbonyl (C=O) groups is 4. The van der Waals surface area contributed by atoms with Gasteiger partial charge in [0.1, 0.15) is 23.7 Å². The Hall–Kier alpha value is -3.56. The molecule has 1 heterocycles. The number of nitrogens with one attached hydrogen (secondary N) is 4. The van der Waals surface area contributed by atoms with Crippen LogP contribution in [0.4, 0.5) is 4.79 Å². The van der Waals surface area contributed by atoms with Gasteiger partial charge in [-0.2, -0.15) is 0 Å². The summed E-state index contributed by atoms with van der Waals surface area (Å²) in [6, 6.07) is 4.37. The summed E-state index contributed by atoms with van der Waals surface area (Å²) in [6.07, 6.45) is 1.40. The normalized spacial score (nSPS) is 14.2. The lowest BCUT2D eigenvalue weighted by Crippen LogP contribution is -2.58. The molecule has 10 nitrogen and oxygen atoms in total. The van der Waals surface area contributed by atoms with Crippen molar-refractivity contribution in [2.45, 2.75) is 85.0 Å². The van der Waals surface area contributed by atoms with Gasteiger partial charge >= 0.3 is 12.1 Å². The Kier molecular flexibility index (Phi) is 10.1. The lowest BCUT2D eigenvalue weighted by Gasteiger charge is -2.28. The number of aromatic amines is 1. The molecule has 0 aliphatic heterocycles. The molecule has 0 radical (unpaired) electrons. The molecule has 0 bridgehead atoms. The Labute approximate surface area is 217 Å². The van der Waals surface area contributed by atoms with Crippen molar-refractivity contribution in [3.63, 3.8) is 0 Å². The number of carboxylic acid groups (broad SMARTS) is 1. The fourth-order valence-corrected chi connectivity index (χ4v) is 3.92. The van der Waals surface area contributed by atoms with Crippen LogP contribution < -0.4 is 16.0 Å². The molecule has 0 aliphatic rings. The number of H-pyrrole nitrogens is 1. The Bertz CT molecular complexity index is 1100. The zero-order valence-corrected chi connectivity index (χ0v) is 22.7. The van der Waals surface area contributed by atoms with Gasteiger partial charge in [-0.15, -0.1) is 0 Å². The maximum absolute atomic E-state index is 13.2. The van der Waals surface area contributed by atoms with E-state index in [0.29, 0.717) is 6.42 Å². The fourth-order valence-electron chi connectivity index (χ4n) is 3.92. The highest BCUT2D eigenvalue weighted by molar-refractivity contribution is 5.93. The fraction of sp³-hybridized carbons (Fsp3) is 0.556. The van der Waals surface area contributed by atoms with E-state index in [4.69, 9.17) is 4.74 Å². The molecular weight excluding hydrogens is 476 g/mol. The van der Waals surface area contributed by atoms with Crippen LogP contribution in [0.5, 0.6) is 0 Å². The minimum absolute atomic E-state index is 0.0695. The number of hydrogen-bond acceptors (Lipinski definition) is 5. The summed E-state index contributed by atoms with van der Waals surface area (Å²) in [7, 11) is 0. The van der Waals surface area contributed by atoms with Crippen LogP contribution in [0.3, 0.4) is 0 Å². The van der Waals surface area contributed by atoms with E-state index in [9.17, 15) is 24.3 Å². The predicted molar refractivity (Wildman–Crippen MR) is 141 cm³/mol. The van der Waals surface area contributed by atoms with E-state index in [2.05, 4.69) is 20.9 Å². The average Bonchev–Trinajstić information content (AvgIpc) is 3.17. The standard InChI is InChI=1S/C27H40N4O6/c1-15(2)12-20(30-26(36)37-27(5,6)7)23(32)31-22(16(3)4)24(33)29-21(25(34)35)13-17-14-28-19-11-9-8-10-18(17)19/h8-11,14-16,20-22,28H,12-13H2,1-7H3,(H,29,33)(H,30,36)(H,31,32)(H,34,35)/t20-,21-,22-/m0/s1. The van der Waals surface area contributed by atoms with Crippen molar-refractivity contribution in [1.29, 1.82) is 0 Å². The Morgan fingerprint density at radius 3 is 2.16 bits per heavy atom. The maximum Gasteiger partial charge on any atom is 0.408 e. The number of aromatic nitrogens is 1. The summed E-state index contributed by atoms with van der Waals surface area (Å²) in [4.78, 5) is 53.7. The van der Waals surface area contributed by atoms with E-state index < -0.39 is 47.6 Å². The third-order valence-electron chi connectivity index (χ3n) is 5.68. The molecule has 0 saturated carbocycles. The monoisotopic (exact) mass is 516 g/mol. The third-order valence-corrected chi connectivity index (χ3v) is 5.68. The average molecular weight is 517 g/mol. The number of carboxylic acids is 1. The van der Waals surface area contributed by atoms with Gasteiger partial charge in [0.25, 0.3) is 0 Å². The maximum atomic E-state index is 13.2. The Morgan fingerprint density at radius 2 is 1.59 bits per heavy atom. The van der Waals surface area contributed by atoms with Gasteiger partial charge in [0.05, 0.1) is 0 Å². The summed E-state index contributed by atoms with van der Waals surface area (Å²) in [6.45, 7) is 12.5. The number of benzene rings is 1. The van der Waals surface area contributed by atoms with E-state index in [1.54, 1.807) is 40.8 Å². The molecule has 3 amide bonds. The molecule has 0 saturated heterocycles. The van der Waals surface area contributed by atoms with Gasteiger partial charge in [-0.05, 0) is 50.7 Å². The highest BCUT2D eigenvalue weighted by Gasteiger charge is 2.32. The summed E-state index contributed by atoms with van der Waals surface area (Å²) in [5, 5.41) is 18.5. The Morgan fingerprint density at radius 1 is 0.946 bits per heavy atom. The van der Waals surface area contributed by atoms with E-state index >= 15 is 0 Å². The second kappa shape index (κ2) is 12.6. The minimum atomic E-state index is -1.20. The summed E-state index contributed by atoms with van der Waals surface area (Å²) >= 11 is 0. The van der Waals surface area contributed by atoms with Crippen molar-refractivity contribution in [2.75, 3.05) is 0 Å². The van der Waals surface area contributed by atoms with Crippen LogP contribution in [0.15, 0.2) is 30.5 Å². The summed E-state index contributed by atoms with van der Waals surface area (Å²) in [5.74, 6) is -2.61. The number of amides is 3. The molecule has 5 N–H and O–H groups in total. The largest absolute Gasteiger partial charge is 0.480 e. The molecule has 1 aromatic carbocycles. The van der Waals surface area contributed by atoms with Crippen LogP contribution >= 0.6 is 0 Å². The molecule has 0 fully saturated rings. The lowest BCUT2D eigenvalue weighted by atomic mass is 9.99. The van der Waals surface area contributed by atoms with Crippen molar-refractivity contribution in [1.82, 2.24) is 20.9 Å². The molecule has 0 unspecified atom stereocenters. The van der Waals surface area contributed by atoms with Gasteiger partial charge in [-0.1, -0.05) is 45.9 Å². The van der Waals surface area contributed by atoms with Gasteiger partial charge in [0, 0.05) is 23.5 Å². The van der Waals surface area contributed by atoms with Gasteiger partial charge < -0.3 is 30.8 Å². The Balaban J connectivity index is 2.15. The number of hydrogen-bond donors (Lipinski definition) is 5. The quantitative estimate of drug-likeness (QED) is 0.309. The van der Waals surface area contributed by atoms with Gasteiger partial charge in [0.2, 0.25) is 11.8 Å². The predicted octanol–water partition coefficient (Wildman–Crippen LogP) is 3.36. The highest BCUT2D eigenvalue weighted by Crippen LogP contribution is 2.19. The van der Waals surface area contributed by atoms with Crippen LogP contribution in [-0.2, 0) is 25.5 Å². The smallest absolute Gasteiger partial charge is 0.408 e. The number of ether oxygens (including phenoxy) is 1. The summed E-state index contributed by atoms with van der Waals surface area (Å²) < 4.78 is 5.28. The highest BCUT2D eigenvalue weighted by atomic mass is 16.6. The second-order valence-corrected chi connectivity index (χ2v) is 11.0. The van der Waals surface area contributed by atoms with Gasteiger partial charge in [-0.3, -0.25) is 9.59 Å². The van der Waals surface area contributed by atoms with Crippen molar-refractivity contribution < 1.29 is 29.0 Å². The molecule has 1 aromatic heterocycles. The number of para-hydroxylation sites is 1. The van der Waals surface area contributed by atoms with Crippen LogP contribution in [-0.4, -0.2) is 57.7 Å². The minimum Gasteiger partial charge on any atom is -0.480 e. The van der Waals surface area contributed by atoms with E-state index in [1.807, 2.05) is 38.1 Å². The lowest BCUT2D eigenvalue weighted by molar-refractivity contribution is -0.142. The molecule has 10 heteroatoms. The third kappa shape index (κ3) is 9.11. The molecule has 3 atom stereocenters. The first kappa shape index (κ1) is 29.7. The molecule has 204 valence electrons. The number of fused-ring (bicyclic) bond motifs is 1. The molecular formula is C27H40N4O6. The molecule has 2 rings (SSSR count). The molecule has 37 heavy (non-hydrogen) atoms.